The highest BCUT2D eigenvalue weighted by Gasteiger charge is 2.11. The molecule has 2 aromatic carbocycles. The number of nitrogens with zero attached hydrogens (tertiary/aromatic N) is 3. The fourth-order valence-corrected chi connectivity index (χ4v) is 2.98. The zero-order valence-corrected chi connectivity index (χ0v) is 15.3. The highest BCUT2D eigenvalue weighted by molar-refractivity contribution is 9.10. The van der Waals surface area contributed by atoms with Gasteiger partial charge in [0.05, 0.1) is 10.9 Å². The van der Waals surface area contributed by atoms with Crippen LogP contribution in [0.1, 0.15) is 11.4 Å². The molecule has 26 heavy (non-hydrogen) atoms. The fraction of sp³-hybridized carbons (Fsp3) is 0. The van der Waals surface area contributed by atoms with Crippen molar-refractivity contribution in [1.82, 2.24) is 14.5 Å². The second kappa shape index (κ2) is 7.06. The van der Waals surface area contributed by atoms with Crippen LogP contribution >= 0.6 is 15.9 Å². The van der Waals surface area contributed by atoms with Crippen molar-refractivity contribution in [3.63, 3.8) is 0 Å². The molecule has 0 unspecified atom stereocenters. The smallest absolute Gasteiger partial charge is 0.267 e. The molecule has 0 aliphatic rings. The zero-order chi connectivity index (χ0) is 17.9. The number of para-hydroxylation sites is 1. The van der Waals surface area contributed by atoms with Crippen LogP contribution in [0.25, 0.3) is 28.9 Å². The zero-order valence-electron chi connectivity index (χ0n) is 13.7. The third-order valence-corrected chi connectivity index (χ3v) is 4.50. The Bertz CT molecular complexity index is 1150. The number of aromatic nitrogens is 3. The van der Waals surface area contributed by atoms with Gasteiger partial charge in [-0.2, -0.15) is 0 Å². The molecule has 0 bridgehead atoms. The van der Waals surface area contributed by atoms with Gasteiger partial charge in [-0.1, -0.05) is 52.3 Å². The molecule has 0 spiro atoms. The van der Waals surface area contributed by atoms with Crippen LogP contribution in [0.3, 0.4) is 0 Å². The van der Waals surface area contributed by atoms with Crippen LogP contribution in [0.15, 0.2) is 82.2 Å². The first kappa shape index (κ1) is 16.4. The van der Waals surface area contributed by atoms with E-state index in [4.69, 9.17) is 0 Å². The number of fused-ring (bicyclic) bond motifs is 1. The molecule has 0 atom stereocenters. The molecule has 126 valence electrons. The summed E-state index contributed by atoms with van der Waals surface area (Å²) in [4.78, 5) is 22.0. The number of hydrogen-bond acceptors (Lipinski definition) is 3. The second-order valence-corrected chi connectivity index (χ2v) is 6.62. The Hall–Kier alpha value is -3.05. The lowest BCUT2D eigenvalue weighted by molar-refractivity contribution is 0.905. The Balaban J connectivity index is 1.92. The fourth-order valence-electron chi connectivity index (χ4n) is 2.71. The van der Waals surface area contributed by atoms with Crippen LogP contribution in [0.5, 0.6) is 0 Å². The van der Waals surface area contributed by atoms with Crippen LogP contribution < -0.4 is 5.56 Å². The minimum Gasteiger partial charge on any atom is -0.268 e. The normalized spacial score (nSPS) is 11.3. The molecule has 2 aromatic heterocycles. The Morgan fingerprint density at radius 2 is 1.65 bits per heavy atom. The number of halogens is 1. The van der Waals surface area contributed by atoms with Gasteiger partial charge in [-0.05, 0) is 48.0 Å². The molecule has 0 radical (unpaired) electrons. The first-order valence-corrected chi connectivity index (χ1v) is 8.88. The second-order valence-electron chi connectivity index (χ2n) is 5.70. The highest BCUT2D eigenvalue weighted by Crippen LogP contribution is 2.15. The van der Waals surface area contributed by atoms with Crippen molar-refractivity contribution < 1.29 is 0 Å². The number of hydrogen-bond donors (Lipinski definition) is 0. The van der Waals surface area contributed by atoms with E-state index in [2.05, 4.69) is 25.9 Å². The molecule has 4 aromatic rings. The van der Waals surface area contributed by atoms with Gasteiger partial charge in [-0.25, -0.2) is 14.5 Å². The molecular formula is C21H14BrN3O. The molecule has 2 heterocycles. The maximum absolute atomic E-state index is 13.0. The van der Waals surface area contributed by atoms with E-state index < -0.39 is 0 Å². The van der Waals surface area contributed by atoms with Crippen LogP contribution in [-0.4, -0.2) is 14.5 Å². The summed E-state index contributed by atoms with van der Waals surface area (Å²) in [5, 5.41) is 0.568. The molecule has 4 nitrogen and oxygen atoms in total. The Morgan fingerprint density at radius 1 is 0.885 bits per heavy atom. The summed E-state index contributed by atoms with van der Waals surface area (Å²) in [5.41, 5.74) is 1.55. The Morgan fingerprint density at radius 3 is 2.42 bits per heavy atom. The van der Waals surface area contributed by atoms with Gasteiger partial charge in [0.25, 0.3) is 5.56 Å². The standard InChI is InChI=1S/C21H14BrN3O/c22-16-11-8-15(9-12-16)10-13-20-24-18-6-2-1-5-17(18)21(26)25(20)19-7-3-4-14-23-19/h1-14H/b13-10-. The predicted octanol–water partition coefficient (Wildman–Crippen LogP) is 4.71. The van der Waals surface area contributed by atoms with Crippen LogP contribution in [0.2, 0.25) is 0 Å². The van der Waals surface area contributed by atoms with Crippen molar-refractivity contribution in [2.75, 3.05) is 0 Å². The lowest BCUT2D eigenvalue weighted by atomic mass is 10.2. The molecule has 5 heteroatoms. The third kappa shape index (κ3) is 3.21. The van der Waals surface area contributed by atoms with Crippen LogP contribution in [0, 0.1) is 0 Å². The van der Waals surface area contributed by atoms with Gasteiger partial charge >= 0.3 is 0 Å². The van der Waals surface area contributed by atoms with Gasteiger partial charge < -0.3 is 0 Å². The van der Waals surface area contributed by atoms with E-state index in [9.17, 15) is 4.79 Å². The Kier molecular flexibility index (Phi) is 4.46. The molecular weight excluding hydrogens is 390 g/mol. The van der Waals surface area contributed by atoms with Crippen molar-refractivity contribution in [3.8, 4) is 5.82 Å². The SMILES string of the molecule is O=c1c2ccccc2nc(/C=C\c2ccc(Br)cc2)n1-c1ccccn1. The Labute approximate surface area is 158 Å². The summed E-state index contributed by atoms with van der Waals surface area (Å²) in [6.07, 6.45) is 5.44. The van der Waals surface area contributed by atoms with Crippen molar-refractivity contribution in [2.24, 2.45) is 0 Å². The molecule has 4 rings (SSSR count). The number of rotatable bonds is 3. The van der Waals surface area contributed by atoms with Gasteiger partial charge in [0.1, 0.15) is 11.6 Å². The quantitative estimate of drug-likeness (QED) is 0.497. The molecule has 0 N–H and O–H groups in total. The molecule has 0 saturated heterocycles. The van der Waals surface area contributed by atoms with E-state index in [1.165, 1.54) is 4.57 Å². The van der Waals surface area contributed by atoms with Crippen molar-refractivity contribution in [3.05, 3.63) is 99.1 Å². The van der Waals surface area contributed by atoms with Crippen molar-refractivity contribution >= 4 is 39.0 Å². The molecule has 0 aliphatic heterocycles. The number of benzene rings is 2. The van der Waals surface area contributed by atoms with E-state index in [1.807, 2.05) is 66.7 Å². The first-order chi connectivity index (χ1) is 12.7. The van der Waals surface area contributed by atoms with Gasteiger partial charge in [0.15, 0.2) is 0 Å². The molecule has 0 saturated carbocycles. The topological polar surface area (TPSA) is 47.8 Å². The summed E-state index contributed by atoms with van der Waals surface area (Å²) in [6.45, 7) is 0. The van der Waals surface area contributed by atoms with Crippen molar-refractivity contribution in [2.45, 2.75) is 0 Å². The van der Waals surface area contributed by atoms with Gasteiger partial charge in [0.2, 0.25) is 0 Å². The van der Waals surface area contributed by atoms with E-state index in [-0.39, 0.29) is 5.56 Å². The first-order valence-electron chi connectivity index (χ1n) is 8.09. The number of pyridine rings is 1. The summed E-state index contributed by atoms with van der Waals surface area (Å²) >= 11 is 3.43. The van der Waals surface area contributed by atoms with E-state index in [1.54, 1.807) is 18.3 Å². The van der Waals surface area contributed by atoms with E-state index in [0.29, 0.717) is 22.5 Å². The summed E-state index contributed by atoms with van der Waals surface area (Å²) in [6, 6.07) is 20.7. The minimum absolute atomic E-state index is 0.134. The lowest BCUT2D eigenvalue weighted by Gasteiger charge is -2.10. The lowest BCUT2D eigenvalue weighted by Crippen LogP contribution is -2.23. The van der Waals surface area contributed by atoms with Gasteiger partial charge in [-0.15, -0.1) is 0 Å². The monoisotopic (exact) mass is 403 g/mol. The molecule has 0 amide bonds. The van der Waals surface area contributed by atoms with E-state index >= 15 is 0 Å². The van der Waals surface area contributed by atoms with E-state index in [0.717, 1.165) is 10.0 Å². The third-order valence-electron chi connectivity index (χ3n) is 3.97. The van der Waals surface area contributed by atoms with Crippen LogP contribution in [-0.2, 0) is 0 Å². The summed E-state index contributed by atoms with van der Waals surface area (Å²) in [7, 11) is 0. The van der Waals surface area contributed by atoms with Gasteiger partial charge in [0, 0.05) is 10.7 Å². The van der Waals surface area contributed by atoms with Gasteiger partial charge in [-0.3, -0.25) is 4.79 Å². The minimum atomic E-state index is -0.134. The molecule has 0 aliphatic carbocycles. The van der Waals surface area contributed by atoms with Crippen LogP contribution in [0.4, 0.5) is 0 Å². The average molecular weight is 404 g/mol. The highest BCUT2D eigenvalue weighted by atomic mass is 79.9. The maximum atomic E-state index is 13.0. The largest absolute Gasteiger partial charge is 0.268 e. The summed E-state index contributed by atoms with van der Waals surface area (Å²) < 4.78 is 2.56. The summed E-state index contributed by atoms with van der Waals surface area (Å²) in [5.74, 6) is 1.08. The van der Waals surface area contributed by atoms with Crippen molar-refractivity contribution in [1.29, 1.82) is 0 Å². The maximum Gasteiger partial charge on any atom is 0.267 e. The average Bonchev–Trinajstić information content (AvgIpc) is 2.68. The predicted molar refractivity (Wildman–Crippen MR) is 108 cm³/mol. The molecule has 0 fully saturated rings.